The third-order valence-corrected chi connectivity index (χ3v) is 3.01. The maximum atomic E-state index is 5.97. The van der Waals surface area contributed by atoms with E-state index in [0.717, 1.165) is 17.1 Å². The zero-order valence-corrected chi connectivity index (χ0v) is 10.3. The highest BCUT2D eigenvalue weighted by molar-refractivity contribution is 6.18. The van der Waals surface area contributed by atoms with Gasteiger partial charge in [0.2, 0.25) is 0 Å². The molecule has 0 saturated heterocycles. The summed E-state index contributed by atoms with van der Waals surface area (Å²) in [5.41, 5.74) is 1.16. The van der Waals surface area contributed by atoms with Crippen LogP contribution in [0.15, 0.2) is 18.2 Å². The van der Waals surface area contributed by atoms with E-state index >= 15 is 0 Å². The smallest absolute Gasteiger partial charge is 0.161 e. The van der Waals surface area contributed by atoms with Crippen molar-refractivity contribution in [1.82, 2.24) is 4.90 Å². The normalized spacial score (nSPS) is 16.2. The highest BCUT2D eigenvalue weighted by atomic mass is 35.5. The van der Waals surface area contributed by atoms with E-state index in [1.807, 2.05) is 32.3 Å². The monoisotopic (exact) mass is 241 g/mol. The molecule has 0 aliphatic carbocycles. The van der Waals surface area contributed by atoms with Crippen LogP contribution in [0.1, 0.15) is 11.6 Å². The van der Waals surface area contributed by atoms with Gasteiger partial charge in [0.15, 0.2) is 11.5 Å². The summed E-state index contributed by atoms with van der Waals surface area (Å²) in [6, 6.07) is 6.21. The number of ether oxygens (including phenoxy) is 2. The van der Waals surface area contributed by atoms with Gasteiger partial charge < -0.3 is 14.4 Å². The minimum Gasteiger partial charge on any atom is -0.486 e. The maximum Gasteiger partial charge on any atom is 0.161 e. The van der Waals surface area contributed by atoms with E-state index < -0.39 is 0 Å². The van der Waals surface area contributed by atoms with E-state index in [4.69, 9.17) is 21.1 Å². The molecule has 1 heterocycles. The number of nitrogens with zero attached hydrogens (tertiary/aromatic N) is 1. The molecule has 1 aliphatic heterocycles. The Morgan fingerprint density at radius 2 is 1.94 bits per heavy atom. The van der Waals surface area contributed by atoms with Crippen LogP contribution in [0.3, 0.4) is 0 Å². The quantitative estimate of drug-likeness (QED) is 0.758. The van der Waals surface area contributed by atoms with E-state index in [9.17, 15) is 0 Å². The van der Waals surface area contributed by atoms with E-state index in [1.54, 1.807) is 0 Å². The van der Waals surface area contributed by atoms with Gasteiger partial charge in [-0.05, 0) is 31.8 Å². The number of alkyl halides is 1. The molecule has 1 unspecified atom stereocenters. The number of hydrogen-bond acceptors (Lipinski definition) is 3. The summed E-state index contributed by atoms with van der Waals surface area (Å²) in [5.74, 6) is 2.20. The Labute approximate surface area is 101 Å². The van der Waals surface area contributed by atoms with Crippen LogP contribution < -0.4 is 9.47 Å². The van der Waals surface area contributed by atoms with E-state index in [2.05, 4.69) is 4.90 Å². The van der Waals surface area contributed by atoms with Crippen molar-refractivity contribution in [2.24, 2.45) is 0 Å². The summed E-state index contributed by atoms with van der Waals surface area (Å²) in [4.78, 5) is 2.10. The molecule has 1 aliphatic rings. The highest BCUT2D eigenvalue weighted by Crippen LogP contribution is 2.33. The second kappa shape index (κ2) is 4.93. The molecule has 0 spiro atoms. The van der Waals surface area contributed by atoms with Crippen molar-refractivity contribution in [2.75, 3.05) is 33.2 Å². The molecule has 0 radical (unpaired) electrons. The van der Waals surface area contributed by atoms with Gasteiger partial charge in [-0.15, -0.1) is 11.6 Å². The van der Waals surface area contributed by atoms with Gasteiger partial charge in [-0.1, -0.05) is 6.07 Å². The minimum absolute atomic E-state index is 0.206. The number of fused-ring (bicyclic) bond motifs is 1. The molecule has 4 heteroatoms. The number of benzene rings is 1. The lowest BCUT2D eigenvalue weighted by Crippen LogP contribution is -2.22. The summed E-state index contributed by atoms with van der Waals surface area (Å²) >= 11 is 5.97. The van der Waals surface area contributed by atoms with Gasteiger partial charge in [0.05, 0.1) is 0 Å². The van der Waals surface area contributed by atoms with Crippen molar-refractivity contribution in [2.45, 2.75) is 6.04 Å². The number of rotatable bonds is 3. The van der Waals surface area contributed by atoms with Crippen LogP contribution in [-0.2, 0) is 0 Å². The Morgan fingerprint density at radius 1 is 1.25 bits per heavy atom. The highest BCUT2D eigenvalue weighted by Gasteiger charge is 2.17. The average molecular weight is 242 g/mol. The predicted octanol–water partition coefficient (Wildman–Crippen LogP) is 2.30. The first-order chi connectivity index (χ1) is 7.72. The van der Waals surface area contributed by atoms with Gasteiger partial charge in [0.25, 0.3) is 0 Å². The fraction of sp³-hybridized carbons (Fsp3) is 0.500. The lowest BCUT2D eigenvalue weighted by molar-refractivity contribution is 0.171. The topological polar surface area (TPSA) is 21.7 Å². The van der Waals surface area contributed by atoms with E-state index in [1.165, 1.54) is 0 Å². The van der Waals surface area contributed by atoms with Crippen LogP contribution in [0.5, 0.6) is 11.5 Å². The van der Waals surface area contributed by atoms with Crippen LogP contribution in [0.2, 0.25) is 0 Å². The summed E-state index contributed by atoms with van der Waals surface area (Å²) < 4.78 is 11.0. The molecular weight excluding hydrogens is 226 g/mol. The maximum absolute atomic E-state index is 5.97. The van der Waals surface area contributed by atoms with Crippen molar-refractivity contribution >= 4 is 11.6 Å². The largest absolute Gasteiger partial charge is 0.486 e. The van der Waals surface area contributed by atoms with Gasteiger partial charge in [-0.3, -0.25) is 0 Å². The van der Waals surface area contributed by atoms with Gasteiger partial charge in [-0.25, -0.2) is 0 Å². The molecule has 1 aromatic rings. The molecular formula is C12H16ClNO2. The molecule has 0 saturated carbocycles. The number of halogens is 1. The second-order valence-corrected chi connectivity index (χ2v) is 4.35. The van der Waals surface area contributed by atoms with Gasteiger partial charge >= 0.3 is 0 Å². The van der Waals surface area contributed by atoms with Crippen molar-refractivity contribution in [3.05, 3.63) is 23.8 Å². The molecule has 0 fully saturated rings. The number of hydrogen-bond donors (Lipinski definition) is 0. The summed E-state index contributed by atoms with van der Waals surface area (Å²) in [5, 5.41) is 0. The Kier molecular flexibility index (Phi) is 3.56. The molecule has 16 heavy (non-hydrogen) atoms. The third-order valence-electron chi connectivity index (χ3n) is 2.72. The second-order valence-electron chi connectivity index (χ2n) is 4.04. The van der Waals surface area contributed by atoms with Crippen molar-refractivity contribution in [3.63, 3.8) is 0 Å². The predicted molar refractivity (Wildman–Crippen MR) is 64.6 cm³/mol. The van der Waals surface area contributed by atoms with Crippen LogP contribution in [0.25, 0.3) is 0 Å². The fourth-order valence-electron chi connectivity index (χ4n) is 1.79. The van der Waals surface area contributed by atoms with Crippen LogP contribution >= 0.6 is 11.6 Å². The third kappa shape index (κ3) is 2.25. The van der Waals surface area contributed by atoms with Gasteiger partial charge in [-0.2, -0.15) is 0 Å². The van der Waals surface area contributed by atoms with E-state index in [-0.39, 0.29) is 6.04 Å². The standard InChI is InChI=1S/C12H16ClNO2/c1-14(2)10(8-13)9-3-4-11-12(7-9)16-6-5-15-11/h3-4,7,10H,5-6,8H2,1-2H3. The van der Waals surface area contributed by atoms with Crippen molar-refractivity contribution < 1.29 is 9.47 Å². The molecule has 88 valence electrons. The van der Waals surface area contributed by atoms with Crippen molar-refractivity contribution in [1.29, 1.82) is 0 Å². The lowest BCUT2D eigenvalue weighted by Gasteiger charge is -2.25. The molecule has 3 nitrogen and oxygen atoms in total. The molecule has 1 aromatic carbocycles. The minimum atomic E-state index is 0.206. The molecule has 2 rings (SSSR count). The Bertz CT molecular complexity index is 368. The zero-order chi connectivity index (χ0) is 11.5. The first-order valence-electron chi connectivity index (χ1n) is 5.34. The summed E-state index contributed by atoms with van der Waals surface area (Å²) in [6.07, 6.45) is 0. The summed E-state index contributed by atoms with van der Waals surface area (Å²) in [7, 11) is 4.04. The molecule has 1 atom stereocenters. The van der Waals surface area contributed by atoms with Crippen LogP contribution in [-0.4, -0.2) is 38.1 Å². The first kappa shape index (κ1) is 11.6. The van der Waals surface area contributed by atoms with Crippen LogP contribution in [0, 0.1) is 0 Å². The zero-order valence-electron chi connectivity index (χ0n) is 9.57. The molecule has 0 amide bonds. The van der Waals surface area contributed by atoms with Crippen molar-refractivity contribution in [3.8, 4) is 11.5 Å². The average Bonchev–Trinajstić information content (AvgIpc) is 2.29. The Morgan fingerprint density at radius 3 is 2.56 bits per heavy atom. The summed E-state index contributed by atoms with van der Waals surface area (Å²) in [6.45, 7) is 1.24. The lowest BCUT2D eigenvalue weighted by atomic mass is 10.1. The Balaban J connectivity index is 2.28. The van der Waals surface area contributed by atoms with Gasteiger partial charge in [0, 0.05) is 11.9 Å². The Hall–Kier alpha value is -0.930. The van der Waals surface area contributed by atoms with E-state index in [0.29, 0.717) is 19.1 Å². The SMILES string of the molecule is CN(C)C(CCl)c1ccc2c(c1)OCCO2. The molecule has 0 aromatic heterocycles. The van der Waals surface area contributed by atoms with Gasteiger partial charge in [0.1, 0.15) is 13.2 Å². The first-order valence-corrected chi connectivity index (χ1v) is 5.87. The molecule has 0 bridgehead atoms. The molecule has 0 N–H and O–H groups in total. The fourth-order valence-corrected chi connectivity index (χ4v) is 2.25. The van der Waals surface area contributed by atoms with Crippen LogP contribution in [0.4, 0.5) is 0 Å².